The first kappa shape index (κ1) is 16.6. The molecule has 1 aromatic heterocycles. The van der Waals surface area contributed by atoms with E-state index < -0.39 is 9.84 Å². The zero-order valence-electron chi connectivity index (χ0n) is 12.0. The van der Waals surface area contributed by atoms with E-state index in [-0.39, 0.29) is 11.8 Å². The van der Waals surface area contributed by atoms with Crippen molar-refractivity contribution in [1.82, 2.24) is 10.2 Å². The number of rotatable bonds is 4. The smallest absolute Gasteiger partial charge is 0.317 e. The quantitative estimate of drug-likeness (QED) is 0.906. The molecule has 21 heavy (non-hydrogen) atoms. The Bertz CT molecular complexity index is 575. The van der Waals surface area contributed by atoms with Crippen molar-refractivity contribution in [2.75, 3.05) is 30.3 Å². The van der Waals surface area contributed by atoms with Crippen molar-refractivity contribution >= 4 is 39.0 Å². The summed E-state index contributed by atoms with van der Waals surface area (Å²) in [6.45, 7) is 3.58. The van der Waals surface area contributed by atoms with Crippen LogP contribution in [0.15, 0.2) is 16.3 Å². The number of thiophene rings is 1. The SMILES string of the molecule is CCS(=O)(=O)c1ccc(CNC(=O)N2CCCSCC2)s1. The van der Waals surface area contributed by atoms with Crippen LogP contribution >= 0.6 is 23.1 Å². The highest BCUT2D eigenvalue weighted by molar-refractivity contribution is 7.99. The molecule has 0 saturated carbocycles. The van der Waals surface area contributed by atoms with Crippen LogP contribution in [0.25, 0.3) is 0 Å². The largest absolute Gasteiger partial charge is 0.333 e. The highest BCUT2D eigenvalue weighted by atomic mass is 32.2. The number of sulfone groups is 1. The minimum Gasteiger partial charge on any atom is -0.333 e. The maximum Gasteiger partial charge on any atom is 0.317 e. The highest BCUT2D eigenvalue weighted by Crippen LogP contribution is 2.22. The lowest BCUT2D eigenvalue weighted by atomic mass is 10.4. The molecule has 1 aromatic rings. The molecule has 2 amide bonds. The van der Waals surface area contributed by atoms with Gasteiger partial charge >= 0.3 is 6.03 Å². The number of carbonyl (C=O) groups excluding carboxylic acids is 1. The predicted octanol–water partition coefficient (Wildman–Crippen LogP) is 2.19. The molecule has 1 aliphatic rings. The number of hydrogen-bond acceptors (Lipinski definition) is 5. The summed E-state index contributed by atoms with van der Waals surface area (Å²) in [5.74, 6) is 2.18. The Kier molecular flexibility index (Phi) is 5.95. The van der Waals surface area contributed by atoms with Gasteiger partial charge in [0.1, 0.15) is 4.21 Å². The molecule has 2 rings (SSSR count). The Labute approximate surface area is 134 Å². The molecular formula is C13H20N2O3S3. The summed E-state index contributed by atoms with van der Waals surface area (Å²) < 4.78 is 23.9. The first-order chi connectivity index (χ1) is 10.0. The fourth-order valence-electron chi connectivity index (χ4n) is 1.99. The number of hydrogen-bond donors (Lipinski definition) is 1. The highest BCUT2D eigenvalue weighted by Gasteiger charge is 2.17. The van der Waals surface area contributed by atoms with Gasteiger partial charge in [-0.2, -0.15) is 11.8 Å². The summed E-state index contributed by atoms with van der Waals surface area (Å²) in [5.41, 5.74) is 0. The molecule has 0 radical (unpaired) electrons. The van der Waals surface area contributed by atoms with E-state index in [2.05, 4.69) is 5.32 Å². The minimum atomic E-state index is -3.15. The van der Waals surface area contributed by atoms with E-state index in [0.29, 0.717) is 10.8 Å². The van der Waals surface area contributed by atoms with Crippen molar-refractivity contribution < 1.29 is 13.2 Å². The molecule has 2 heterocycles. The van der Waals surface area contributed by atoms with Crippen molar-refractivity contribution in [2.45, 2.75) is 24.1 Å². The van der Waals surface area contributed by atoms with Gasteiger partial charge in [0, 0.05) is 23.7 Å². The van der Waals surface area contributed by atoms with Crippen molar-refractivity contribution in [2.24, 2.45) is 0 Å². The van der Waals surface area contributed by atoms with E-state index in [1.807, 2.05) is 16.7 Å². The van der Waals surface area contributed by atoms with Gasteiger partial charge in [-0.05, 0) is 24.3 Å². The summed E-state index contributed by atoms with van der Waals surface area (Å²) in [6, 6.07) is 3.32. The monoisotopic (exact) mass is 348 g/mol. The maximum atomic E-state index is 12.1. The molecule has 0 atom stereocenters. The summed E-state index contributed by atoms with van der Waals surface area (Å²) >= 11 is 3.11. The lowest BCUT2D eigenvalue weighted by molar-refractivity contribution is 0.201. The van der Waals surface area contributed by atoms with Gasteiger partial charge in [0.05, 0.1) is 12.3 Å². The van der Waals surface area contributed by atoms with E-state index in [9.17, 15) is 13.2 Å². The van der Waals surface area contributed by atoms with Crippen molar-refractivity contribution in [1.29, 1.82) is 0 Å². The van der Waals surface area contributed by atoms with Crippen molar-refractivity contribution in [3.8, 4) is 0 Å². The molecule has 5 nitrogen and oxygen atoms in total. The molecular weight excluding hydrogens is 328 g/mol. The third kappa shape index (κ3) is 4.62. The Balaban J connectivity index is 1.89. The average Bonchev–Trinajstić information content (AvgIpc) is 2.79. The van der Waals surface area contributed by atoms with Crippen LogP contribution in [0.2, 0.25) is 0 Å². The number of amides is 2. The predicted molar refractivity (Wildman–Crippen MR) is 87.8 cm³/mol. The first-order valence-electron chi connectivity index (χ1n) is 6.95. The van der Waals surface area contributed by atoms with Crippen LogP contribution in [-0.4, -0.2) is 49.7 Å². The number of carbonyl (C=O) groups is 1. The zero-order chi connectivity index (χ0) is 15.3. The van der Waals surface area contributed by atoms with Crippen LogP contribution in [0.4, 0.5) is 4.79 Å². The number of nitrogens with zero attached hydrogens (tertiary/aromatic N) is 1. The van der Waals surface area contributed by atoms with Gasteiger partial charge in [0.25, 0.3) is 0 Å². The van der Waals surface area contributed by atoms with Crippen LogP contribution in [0.1, 0.15) is 18.2 Å². The summed E-state index contributed by atoms with van der Waals surface area (Å²) in [6.07, 6.45) is 1.02. The molecule has 1 saturated heterocycles. The molecule has 1 fully saturated rings. The molecule has 0 aliphatic carbocycles. The molecule has 1 aliphatic heterocycles. The summed E-state index contributed by atoms with van der Waals surface area (Å²) in [5, 5.41) is 2.87. The third-order valence-corrected chi connectivity index (χ3v) is 7.70. The van der Waals surface area contributed by atoms with E-state index in [1.54, 1.807) is 19.1 Å². The molecule has 1 N–H and O–H groups in total. The molecule has 8 heteroatoms. The van der Waals surface area contributed by atoms with Crippen LogP contribution in [0, 0.1) is 0 Å². The third-order valence-electron chi connectivity index (χ3n) is 3.25. The van der Waals surface area contributed by atoms with E-state index >= 15 is 0 Å². The van der Waals surface area contributed by atoms with Gasteiger partial charge in [-0.25, -0.2) is 13.2 Å². The molecule has 0 unspecified atom stereocenters. The van der Waals surface area contributed by atoms with E-state index in [0.717, 1.165) is 35.9 Å². The second-order valence-corrected chi connectivity index (χ2v) is 9.63. The Morgan fingerprint density at radius 3 is 2.90 bits per heavy atom. The standard InChI is InChI=1S/C13H20N2O3S3/c1-2-21(17,18)12-5-4-11(20-12)10-14-13(16)15-6-3-8-19-9-7-15/h4-5H,2-3,6-10H2,1H3,(H,14,16). The lowest BCUT2D eigenvalue weighted by Crippen LogP contribution is -2.40. The fourth-order valence-corrected chi connectivity index (χ4v) is 5.29. The Hall–Kier alpha value is -0.730. The first-order valence-corrected chi connectivity index (χ1v) is 10.6. The number of nitrogens with one attached hydrogen (secondary N) is 1. The summed E-state index contributed by atoms with van der Waals surface area (Å²) in [7, 11) is -3.15. The van der Waals surface area contributed by atoms with Crippen LogP contribution in [0.3, 0.4) is 0 Å². The van der Waals surface area contributed by atoms with Gasteiger partial charge in [-0.15, -0.1) is 11.3 Å². The van der Waals surface area contributed by atoms with Crippen LogP contribution < -0.4 is 5.32 Å². The van der Waals surface area contributed by atoms with Crippen LogP contribution in [0.5, 0.6) is 0 Å². The van der Waals surface area contributed by atoms with Gasteiger partial charge in [-0.1, -0.05) is 6.92 Å². The molecule has 0 aromatic carbocycles. The summed E-state index contributed by atoms with van der Waals surface area (Å²) in [4.78, 5) is 14.8. The van der Waals surface area contributed by atoms with E-state index in [1.165, 1.54) is 11.3 Å². The van der Waals surface area contributed by atoms with Crippen LogP contribution in [-0.2, 0) is 16.4 Å². The molecule has 0 spiro atoms. The van der Waals surface area contributed by atoms with Gasteiger partial charge in [0.2, 0.25) is 0 Å². The second kappa shape index (κ2) is 7.51. The van der Waals surface area contributed by atoms with Gasteiger partial charge in [0.15, 0.2) is 9.84 Å². The zero-order valence-corrected chi connectivity index (χ0v) is 14.5. The van der Waals surface area contributed by atoms with Crippen molar-refractivity contribution in [3.63, 3.8) is 0 Å². The maximum absolute atomic E-state index is 12.1. The second-order valence-electron chi connectivity index (χ2n) is 4.74. The topological polar surface area (TPSA) is 66.5 Å². The molecule has 118 valence electrons. The Morgan fingerprint density at radius 2 is 2.14 bits per heavy atom. The fraction of sp³-hybridized carbons (Fsp3) is 0.615. The van der Waals surface area contributed by atoms with Gasteiger partial charge in [-0.3, -0.25) is 0 Å². The normalized spacial score (nSPS) is 16.5. The average molecular weight is 349 g/mol. The molecule has 0 bridgehead atoms. The lowest BCUT2D eigenvalue weighted by Gasteiger charge is -2.20. The number of thioether (sulfide) groups is 1. The van der Waals surface area contributed by atoms with E-state index in [4.69, 9.17) is 0 Å². The Morgan fingerprint density at radius 1 is 1.33 bits per heavy atom. The van der Waals surface area contributed by atoms with Crippen molar-refractivity contribution in [3.05, 3.63) is 17.0 Å². The van der Waals surface area contributed by atoms with Gasteiger partial charge < -0.3 is 10.2 Å². The minimum absolute atomic E-state index is 0.0641. The number of urea groups is 1.